The SMILES string of the molecule is COc1ccc(Br)c(C(=O)NC2CC(C)(C)NC(C)(C)C2)c1. The first-order valence-corrected chi connectivity index (χ1v) is 8.35. The van der Waals surface area contributed by atoms with Crippen molar-refractivity contribution in [1.29, 1.82) is 0 Å². The van der Waals surface area contributed by atoms with Crippen LogP contribution in [0, 0.1) is 0 Å². The van der Waals surface area contributed by atoms with Crippen molar-refractivity contribution < 1.29 is 9.53 Å². The molecule has 22 heavy (non-hydrogen) atoms. The first-order chi connectivity index (χ1) is 10.1. The van der Waals surface area contributed by atoms with Crippen molar-refractivity contribution in [1.82, 2.24) is 10.6 Å². The Kier molecular flexibility index (Phi) is 4.87. The first kappa shape index (κ1) is 17.3. The van der Waals surface area contributed by atoms with Crippen LogP contribution in [-0.2, 0) is 0 Å². The van der Waals surface area contributed by atoms with Crippen LogP contribution in [0.25, 0.3) is 0 Å². The monoisotopic (exact) mass is 368 g/mol. The molecule has 1 aromatic carbocycles. The standard InChI is InChI=1S/C17H25BrN2O2/c1-16(2)9-11(10-17(3,4)20-16)19-15(21)13-8-12(22-5)6-7-14(13)18/h6-8,11,20H,9-10H2,1-5H3,(H,19,21). The molecular formula is C17H25BrN2O2. The van der Waals surface area contributed by atoms with E-state index >= 15 is 0 Å². The minimum absolute atomic E-state index is 0.00526. The van der Waals surface area contributed by atoms with Gasteiger partial charge in [0.1, 0.15) is 5.75 Å². The molecule has 1 aliphatic heterocycles. The third-order valence-electron chi connectivity index (χ3n) is 3.94. The molecular weight excluding hydrogens is 344 g/mol. The molecule has 0 unspecified atom stereocenters. The van der Waals surface area contributed by atoms with E-state index in [4.69, 9.17) is 4.74 Å². The van der Waals surface area contributed by atoms with Crippen molar-refractivity contribution in [3.63, 3.8) is 0 Å². The molecule has 1 heterocycles. The molecule has 5 heteroatoms. The van der Waals surface area contributed by atoms with Gasteiger partial charge in [-0.15, -0.1) is 0 Å². The van der Waals surface area contributed by atoms with E-state index in [0.29, 0.717) is 11.3 Å². The second-order valence-electron chi connectivity index (χ2n) is 7.32. The zero-order chi connectivity index (χ0) is 16.5. The topological polar surface area (TPSA) is 50.4 Å². The fraction of sp³-hybridized carbons (Fsp3) is 0.588. The summed E-state index contributed by atoms with van der Waals surface area (Å²) in [6.45, 7) is 8.70. The highest BCUT2D eigenvalue weighted by Gasteiger charge is 2.38. The van der Waals surface area contributed by atoms with Gasteiger partial charge in [0.05, 0.1) is 12.7 Å². The van der Waals surface area contributed by atoms with Crippen LogP contribution in [0.5, 0.6) is 5.75 Å². The number of halogens is 1. The van der Waals surface area contributed by atoms with Crippen LogP contribution in [0.1, 0.15) is 50.9 Å². The molecule has 0 spiro atoms. The van der Waals surface area contributed by atoms with Crippen molar-refractivity contribution in [3.05, 3.63) is 28.2 Å². The molecule has 1 saturated heterocycles. The Morgan fingerprint density at radius 3 is 2.41 bits per heavy atom. The van der Waals surface area contributed by atoms with Crippen molar-refractivity contribution >= 4 is 21.8 Å². The molecule has 0 aliphatic carbocycles. The second kappa shape index (κ2) is 6.20. The lowest BCUT2D eigenvalue weighted by Crippen LogP contribution is -2.62. The Morgan fingerprint density at radius 2 is 1.86 bits per heavy atom. The van der Waals surface area contributed by atoms with Crippen LogP contribution >= 0.6 is 15.9 Å². The number of hydrogen-bond acceptors (Lipinski definition) is 3. The van der Waals surface area contributed by atoms with Crippen molar-refractivity contribution in [3.8, 4) is 5.75 Å². The first-order valence-electron chi connectivity index (χ1n) is 7.56. The molecule has 0 saturated carbocycles. The number of methoxy groups -OCH3 is 1. The van der Waals surface area contributed by atoms with Gasteiger partial charge >= 0.3 is 0 Å². The number of carbonyl (C=O) groups excluding carboxylic acids is 1. The summed E-state index contributed by atoms with van der Waals surface area (Å²) in [6, 6.07) is 5.58. The average Bonchev–Trinajstić information content (AvgIpc) is 2.35. The minimum atomic E-state index is -0.0655. The number of rotatable bonds is 3. The average molecular weight is 369 g/mol. The second-order valence-corrected chi connectivity index (χ2v) is 8.17. The fourth-order valence-corrected chi connectivity index (χ4v) is 3.92. The molecule has 0 bridgehead atoms. The summed E-state index contributed by atoms with van der Waals surface area (Å²) in [7, 11) is 1.60. The van der Waals surface area contributed by atoms with Gasteiger partial charge < -0.3 is 15.4 Å². The van der Waals surface area contributed by atoms with Gasteiger partial charge in [0.25, 0.3) is 5.91 Å². The molecule has 122 valence electrons. The number of benzene rings is 1. The Morgan fingerprint density at radius 1 is 1.27 bits per heavy atom. The Bertz CT molecular complexity index is 554. The van der Waals surface area contributed by atoms with E-state index in [2.05, 4.69) is 54.3 Å². The Hall–Kier alpha value is -1.07. The lowest BCUT2D eigenvalue weighted by Gasteiger charge is -2.46. The molecule has 0 radical (unpaired) electrons. The summed E-state index contributed by atoms with van der Waals surface area (Å²) in [5, 5.41) is 6.80. The maximum Gasteiger partial charge on any atom is 0.252 e. The van der Waals surface area contributed by atoms with E-state index in [0.717, 1.165) is 17.3 Å². The summed E-state index contributed by atoms with van der Waals surface area (Å²) in [5.74, 6) is 0.614. The third kappa shape index (κ3) is 4.23. The summed E-state index contributed by atoms with van der Waals surface area (Å²) in [6.07, 6.45) is 1.81. The van der Waals surface area contributed by atoms with E-state index in [9.17, 15) is 4.79 Å². The van der Waals surface area contributed by atoms with Crippen molar-refractivity contribution in [2.45, 2.75) is 57.7 Å². The van der Waals surface area contributed by atoms with Crippen LogP contribution in [0.3, 0.4) is 0 Å². The zero-order valence-corrected chi connectivity index (χ0v) is 15.5. The Balaban J connectivity index is 2.15. The van der Waals surface area contributed by atoms with Crippen molar-refractivity contribution in [2.75, 3.05) is 7.11 Å². The molecule has 2 N–H and O–H groups in total. The van der Waals surface area contributed by atoms with Crippen LogP contribution in [0.15, 0.2) is 22.7 Å². The number of ether oxygens (including phenoxy) is 1. The normalized spacial score (nSPS) is 20.5. The molecule has 1 fully saturated rings. The molecule has 0 aromatic heterocycles. The summed E-state index contributed by atoms with van der Waals surface area (Å²) >= 11 is 3.44. The van der Waals surface area contributed by atoms with Crippen LogP contribution < -0.4 is 15.4 Å². The number of nitrogens with one attached hydrogen (secondary N) is 2. The summed E-state index contributed by atoms with van der Waals surface area (Å²) in [5.41, 5.74) is 0.616. The van der Waals surface area contributed by atoms with Crippen molar-refractivity contribution in [2.24, 2.45) is 0 Å². The molecule has 1 amide bonds. The summed E-state index contributed by atoms with van der Waals surface area (Å²) < 4.78 is 5.98. The lowest BCUT2D eigenvalue weighted by molar-refractivity contribution is 0.0872. The van der Waals surface area contributed by atoms with E-state index < -0.39 is 0 Å². The minimum Gasteiger partial charge on any atom is -0.497 e. The van der Waals surface area contributed by atoms with Gasteiger partial charge in [-0.1, -0.05) is 0 Å². The molecule has 1 aromatic rings. The smallest absolute Gasteiger partial charge is 0.252 e. The van der Waals surface area contributed by atoms with Gasteiger partial charge in [-0.05, 0) is 74.7 Å². The highest BCUT2D eigenvalue weighted by molar-refractivity contribution is 9.10. The van der Waals surface area contributed by atoms with Gasteiger partial charge in [-0.2, -0.15) is 0 Å². The molecule has 1 aliphatic rings. The van der Waals surface area contributed by atoms with Crippen LogP contribution in [0.4, 0.5) is 0 Å². The van der Waals surface area contributed by atoms with Gasteiger partial charge in [0.2, 0.25) is 0 Å². The quantitative estimate of drug-likeness (QED) is 0.858. The van der Waals surface area contributed by atoms with E-state index in [1.165, 1.54) is 0 Å². The highest BCUT2D eigenvalue weighted by Crippen LogP contribution is 2.29. The zero-order valence-electron chi connectivity index (χ0n) is 13.9. The predicted octanol–water partition coefficient (Wildman–Crippen LogP) is 3.50. The van der Waals surface area contributed by atoms with E-state index in [-0.39, 0.29) is 23.0 Å². The third-order valence-corrected chi connectivity index (χ3v) is 4.64. The van der Waals surface area contributed by atoms with Gasteiger partial charge in [0, 0.05) is 21.6 Å². The number of piperidine rings is 1. The maximum atomic E-state index is 12.6. The molecule has 2 rings (SSSR count). The van der Waals surface area contributed by atoms with Gasteiger partial charge in [0.15, 0.2) is 0 Å². The van der Waals surface area contributed by atoms with Gasteiger partial charge in [-0.3, -0.25) is 4.79 Å². The maximum absolute atomic E-state index is 12.6. The lowest BCUT2D eigenvalue weighted by atomic mass is 9.79. The van der Waals surface area contributed by atoms with E-state index in [1.807, 2.05) is 12.1 Å². The predicted molar refractivity (Wildman–Crippen MR) is 92.5 cm³/mol. The number of carbonyl (C=O) groups is 1. The molecule has 4 nitrogen and oxygen atoms in total. The van der Waals surface area contributed by atoms with Crippen LogP contribution in [0.2, 0.25) is 0 Å². The van der Waals surface area contributed by atoms with Gasteiger partial charge in [-0.25, -0.2) is 0 Å². The number of hydrogen-bond donors (Lipinski definition) is 2. The fourth-order valence-electron chi connectivity index (χ4n) is 3.49. The largest absolute Gasteiger partial charge is 0.497 e. The Labute approximate surface area is 141 Å². The molecule has 0 atom stereocenters. The van der Waals surface area contributed by atoms with Crippen LogP contribution in [-0.4, -0.2) is 30.1 Å². The van der Waals surface area contributed by atoms with E-state index in [1.54, 1.807) is 13.2 Å². The summed E-state index contributed by atoms with van der Waals surface area (Å²) in [4.78, 5) is 12.6. The highest BCUT2D eigenvalue weighted by atomic mass is 79.9. The number of amides is 1.